The number of carbonyl (C=O) groups excluding carboxylic acids is 2. The minimum atomic E-state index is -0.556. The molecular weight excluding hydrogens is 306 g/mol. The summed E-state index contributed by atoms with van der Waals surface area (Å²) >= 11 is 0. The number of hydrogen-bond acceptors (Lipinski definition) is 4. The zero-order valence-corrected chi connectivity index (χ0v) is 13.5. The van der Waals surface area contributed by atoms with Gasteiger partial charge in [-0.1, -0.05) is 30.3 Å². The van der Waals surface area contributed by atoms with Crippen LogP contribution in [0.1, 0.15) is 22.3 Å². The molecule has 0 saturated carbocycles. The van der Waals surface area contributed by atoms with E-state index in [-0.39, 0.29) is 5.56 Å². The quantitative estimate of drug-likeness (QED) is 0.561. The summed E-state index contributed by atoms with van der Waals surface area (Å²) in [5.74, 6) is 0.304. The maximum Gasteiger partial charge on any atom is 0.321 e. The van der Waals surface area contributed by atoms with Gasteiger partial charge >= 0.3 is 6.03 Å². The minimum absolute atomic E-state index is 0.274. The lowest BCUT2D eigenvalue weighted by Gasteiger charge is -2.10. The van der Waals surface area contributed by atoms with Gasteiger partial charge in [0, 0.05) is 12.2 Å². The number of urea groups is 1. The minimum Gasteiger partial charge on any atom is -0.493 e. The zero-order chi connectivity index (χ0) is 17.4. The van der Waals surface area contributed by atoms with Gasteiger partial charge in [0.25, 0.3) is 5.91 Å². The van der Waals surface area contributed by atoms with E-state index in [1.165, 1.54) is 0 Å². The molecule has 126 valence electrons. The summed E-state index contributed by atoms with van der Waals surface area (Å²) in [7, 11) is 0. The maximum absolute atomic E-state index is 11.9. The monoisotopic (exact) mass is 327 g/mol. The van der Waals surface area contributed by atoms with Gasteiger partial charge in [0.1, 0.15) is 5.75 Å². The molecule has 2 aromatic carbocycles. The number of nitrogen functional groups attached to an aromatic ring is 1. The zero-order valence-electron chi connectivity index (χ0n) is 13.5. The number of benzene rings is 2. The van der Waals surface area contributed by atoms with E-state index < -0.39 is 11.9 Å². The molecule has 6 heteroatoms. The van der Waals surface area contributed by atoms with E-state index >= 15 is 0 Å². The molecule has 0 bridgehead atoms. The Morgan fingerprint density at radius 3 is 2.54 bits per heavy atom. The lowest BCUT2D eigenvalue weighted by Crippen LogP contribution is -2.40. The number of aryl methyl sites for hydroxylation is 1. The van der Waals surface area contributed by atoms with Crippen LogP contribution in [0.4, 0.5) is 10.5 Å². The molecule has 3 amide bonds. The van der Waals surface area contributed by atoms with Crippen molar-refractivity contribution in [1.29, 1.82) is 0 Å². The summed E-state index contributed by atoms with van der Waals surface area (Å²) < 4.78 is 5.63. The van der Waals surface area contributed by atoms with E-state index in [1.807, 2.05) is 31.2 Å². The van der Waals surface area contributed by atoms with Gasteiger partial charge in [0.05, 0.1) is 12.2 Å². The van der Waals surface area contributed by atoms with E-state index in [0.29, 0.717) is 25.3 Å². The van der Waals surface area contributed by atoms with Crippen molar-refractivity contribution in [2.45, 2.75) is 13.3 Å². The van der Waals surface area contributed by atoms with Gasteiger partial charge in [-0.3, -0.25) is 10.1 Å². The van der Waals surface area contributed by atoms with Gasteiger partial charge in [0.15, 0.2) is 0 Å². The van der Waals surface area contributed by atoms with Crippen LogP contribution in [0.5, 0.6) is 5.75 Å². The summed E-state index contributed by atoms with van der Waals surface area (Å²) in [5, 5.41) is 4.86. The predicted octanol–water partition coefficient (Wildman–Crippen LogP) is 2.49. The Bertz CT molecular complexity index is 716. The molecule has 0 aliphatic rings. The molecule has 0 fully saturated rings. The third-order valence-corrected chi connectivity index (χ3v) is 3.39. The van der Waals surface area contributed by atoms with Gasteiger partial charge in [-0.05, 0) is 37.1 Å². The van der Waals surface area contributed by atoms with Gasteiger partial charge in [-0.2, -0.15) is 0 Å². The Labute approximate surface area is 141 Å². The molecule has 2 aromatic rings. The van der Waals surface area contributed by atoms with Crippen molar-refractivity contribution in [1.82, 2.24) is 10.6 Å². The van der Waals surface area contributed by atoms with E-state index in [4.69, 9.17) is 10.5 Å². The molecular formula is C18H21N3O3. The summed E-state index contributed by atoms with van der Waals surface area (Å²) in [5.41, 5.74) is 7.36. The number of para-hydroxylation sites is 2. The fourth-order valence-electron chi connectivity index (χ4n) is 2.09. The predicted molar refractivity (Wildman–Crippen MR) is 93.0 cm³/mol. The van der Waals surface area contributed by atoms with Crippen molar-refractivity contribution in [2.75, 3.05) is 18.9 Å². The topological polar surface area (TPSA) is 93.5 Å². The Morgan fingerprint density at radius 1 is 1.08 bits per heavy atom. The summed E-state index contributed by atoms with van der Waals surface area (Å²) in [6.45, 7) is 2.85. The van der Waals surface area contributed by atoms with Gasteiger partial charge in [-0.25, -0.2) is 4.79 Å². The second kappa shape index (κ2) is 8.57. The van der Waals surface area contributed by atoms with Crippen LogP contribution >= 0.6 is 0 Å². The normalized spacial score (nSPS) is 10.0. The van der Waals surface area contributed by atoms with Crippen LogP contribution in [-0.2, 0) is 0 Å². The van der Waals surface area contributed by atoms with Crippen molar-refractivity contribution in [2.24, 2.45) is 0 Å². The van der Waals surface area contributed by atoms with Crippen LogP contribution in [0.25, 0.3) is 0 Å². The standard InChI is InChI=1S/C18H21N3O3/c1-13-7-2-5-10-16(13)24-12-6-11-20-18(23)21-17(22)14-8-3-4-9-15(14)19/h2-5,7-10H,6,11-12,19H2,1H3,(H2,20,21,22,23). The van der Waals surface area contributed by atoms with Gasteiger partial charge in [-0.15, -0.1) is 0 Å². The maximum atomic E-state index is 11.9. The molecule has 0 radical (unpaired) electrons. The third kappa shape index (κ3) is 5.01. The molecule has 0 aromatic heterocycles. The van der Waals surface area contributed by atoms with E-state index in [0.717, 1.165) is 11.3 Å². The van der Waals surface area contributed by atoms with Crippen LogP contribution < -0.4 is 21.1 Å². The van der Waals surface area contributed by atoms with Crippen LogP contribution in [0.3, 0.4) is 0 Å². The number of amides is 3. The fraction of sp³-hybridized carbons (Fsp3) is 0.222. The fourth-order valence-corrected chi connectivity index (χ4v) is 2.09. The highest BCUT2D eigenvalue weighted by atomic mass is 16.5. The number of anilines is 1. The number of nitrogens with two attached hydrogens (primary N) is 1. The van der Waals surface area contributed by atoms with Crippen LogP contribution in [0.15, 0.2) is 48.5 Å². The molecule has 0 atom stereocenters. The van der Waals surface area contributed by atoms with Crippen molar-refractivity contribution in [3.05, 3.63) is 59.7 Å². The second-order valence-corrected chi connectivity index (χ2v) is 5.26. The number of carbonyl (C=O) groups is 2. The van der Waals surface area contributed by atoms with E-state index in [9.17, 15) is 9.59 Å². The molecule has 4 N–H and O–H groups in total. The summed E-state index contributed by atoms with van der Waals surface area (Å²) in [4.78, 5) is 23.6. The average Bonchev–Trinajstić information content (AvgIpc) is 2.56. The lowest BCUT2D eigenvalue weighted by molar-refractivity contribution is 0.0965. The first kappa shape index (κ1) is 17.3. The summed E-state index contributed by atoms with van der Waals surface area (Å²) in [6, 6.07) is 13.8. The van der Waals surface area contributed by atoms with Gasteiger partial charge < -0.3 is 15.8 Å². The first-order valence-electron chi connectivity index (χ1n) is 7.70. The Kier molecular flexibility index (Phi) is 6.19. The molecule has 0 saturated heterocycles. The number of hydrogen-bond donors (Lipinski definition) is 3. The molecule has 0 spiro atoms. The number of nitrogens with one attached hydrogen (secondary N) is 2. The number of imide groups is 1. The smallest absolute Gasteiger partial charge is 0.321 e. The molecule has 2 rings (SSSR count). The highest BCUT2D eigenvalue weighted by Crippen LogP contribution is 2.16. The highest BCUT2D eigenvalue weighted by molar-refractivity contribution is 6.07. The van der Waals surface area contributed by atoms with Crippen molar-refractivity contribution < 1.29 is 14.3 Å². The molecule has 0 aliphatic carbocycles. The van der Waals surface area contributed by atoms with Crippen LogP contribution in [-0.4, -0.2) is 25.1 Å². The SMILES string of the molecule is Cc1ccccc1OCCCNC(=O)NC(=O)c1ccccc1N. The largest absolute Gasteiger partial charge is 0.493 e. The second-order valence-electron chi connectivity index (χ2n) is 5.26. The van der Waals surface area contributed by atoms with Crippen molar-refractivity contribution in [3.8, 4) is 5.75 Å². The Morgan fingerprint density at radius 2 is 1.79 bits per heavy atom. The number of rotatable bonds is 6. The van der Waals surface area contributed by atoms with Crippen molar-refractivity contribution >= 4 is 17.6 Å². The molecule has 0 aliphatic heterocycles. The van der Waals surface area contributed by atoms with E-state index in [2.05, 4.69) is 10.6 Å². The average molecular weight is 327 g/mol. The summed E-state index contributed by atoms with van der Waals surface area (Å²) in [6.07, 6.45) is 0.628. The first-order valence-corrected chi connectivity index (χ1v) is 7.70. The van der Waals surface area contributed by atoms with E-state index in [1.54, 1.807) is 24.3 Å². The highest BCUT2D eigenvalue weighted by Gasteiger charge is 2.11. The van der Waals surface area contributed by atoms with Crippen LogP contribution in [0.2, 0.25) is 0 Å². The molecule has 0 unspecified atom stereocenters. The lowest BCUT2D eigenvalue weighted by atomic mass is 10.2. The Hall–Kier alpha value is -3.02. The molecule has 0 heterocycles. The molecule has 24 heavy (non-hydrogen) atoms. The molecule has 6 nitrogen and oxygen atoms in total. The first-order chi connectivity index (χ1) is 11.6. The van der Waals surface area contributed by atoms with Crippen molar-refractivity contribution in [3.63, 3.8) is 0 Å². The van der Waals surface area contributed by atoms with Crippen LogP contribution in [0, 0.1) is 6.92 Å². The Balaban J connectivity index is 1.68. The third-order valence-electron chi connectivity index (χ3n) is 3.39. The van der Waals surface area contributed by atoms with Gasteiger partial charge in [0.2, 0.25) is 0 Å². The number of ether oxygens (including phenoxy) is 1.